The van der Waals surface area contributed by atoms with Gasteiger partial charge in [-0.3, -0.25) is 19.2 Å². The van der Waals surface area contributed by atoms with Crippen LogP contribution in [-0.2, 0) is 53.3 Å². The Morgan fingerprint density at radius 3 is 0.744 bits per heavy atom. The maximum atomic E-state index is 11.4. The van der Waals surface area contributed by atoms with Gasteiger partial charge in [-0.2, -0.15) is 0 Å². The van der Waals surface area contributed by atoms with E-state index in [1.807, 2.05) is 24.3 Å². The Balaban J connectivity index is 0.000000767. The first-order chi connectivity index (χ1) is 19.5. The topological polar surface area (TPSA) is 148 Å². The van der Waals surface area contributed by atoms with Gasteiger partial charge in [-0.05, 0) is 48.6 Å². The van der Waals surface area contributed by atoms with Crippen LogP contribution in [0.25, 0.3) is 0 Å². The molecule has 0 bridgehead atoms. The van der Waals surface area contributed by atoms with Crippen LogP contribution in [0, 0.1) is 0 Å². The molecule has 0 spiro atoms. The van der Waals surface area contributed by atoms with Gasteiger partial charge in [-0.15, -0.1) is 0 Å². The average Bonchev–Trinajstić information content (AvgIpc) is 2.96. The van der Waals surface area contributed by atoms with Crippen LogP contribution in [0.15, 0.2) is 144 Å². The quantitative estimate of drug-likeness (QED) is 0.157. The minimum Gasteiger partial charge on any atom is -0.412 e. The summed E-state index contributed by atoms with van der Waals surface area (Å²) in [5, 5.41) is 12.2. The van der Waals surface area contributed by atoms with E-state index in [-0.39, 0.29) is 62.7 Å². The summed E-state index contributed by atoms with van der Waals surface area (Å²) in [4.78, 5) is 45.7. The van der Waals surface area contributed by atoms with Crippen molar-refractivity contribution < 1.29 is 58.8 Å². The second-order valence-corrected chi connectivity index (χ2v) is 8.55. The van der Waals surface area contributed by atoms with E-state index in [0.29, 0.717) is 48.5 Å². The van der Waals surface area contributed by atoms with Gasteiger partial charge in [0.05, 0.1) is 0 Å². The number of carbonyl (C=O) groups excluding carboxylic acids is 4. The van der Waals surface area contributed by atoms with Gasteiger partial charge in [0.15, 0.2) is 23.1 Å². The van der Waals surface area contributed by atoms with Crippen molar-refractivity contribution in [1.29, 1.82) is 0 Å². The van der Waals surface area contributed by atoms with Gasteiger partial charge in [-0.1, -0.05) is 48.6 Å². The number of ketones is 4. The maximum absolute atomic E-state index is 11.4. The van der Waals surface area contributed by atoms with E-state index in [1.165, 1.54) is 24.3 Å². The summed E-state index contributed by atoms with van der Waals surface area (Å²) in [5.41, 5.74) is 2.56. The Kier molecular flexibility index (Phi) is 20.2. The van der Waals surface area contributed by atoms with E-state index >= 15 is 0 Å². The number of rotatable bonds is 10. The average molecular weight is 666 g/mol. The fourth-order valence-corrected chi connectivity index (χ4v) is 3.42. The third kappa shape index (κ3) is 14.5. The maximum Gasteiger partial charge on any atom is 0.187 e. The molecule has 4 rings (SSSR count). The second kappa shape index (κ2) is 22.4. The van der Waals surface area contributed by atoms with Gasteiger partial charge < -0.3 is 26.7 Å². The van der Waals surface area contributed by atoms with Crippen LogP contribution in [-0.4, -0.2) is 54.8 Å². The molecule has 11 heteroatoms. The molecule has 0 heterocycles. The molecule has 4 aliphatic carbocycles. The number of hydrogen-bond donors (Lipinski definition) is 4. The summed E-state index contributed by atoms with van der Waals surface area (Å²) >= 11 is 0. The standard InChI is InChI=1S/2C16H16N2O2.2Fe.H2O/c2*19-15-7-3-1-5-13(15)11-17-9-10-18-12-14-6-2-4-8-16(14)20;;;/h2*1-8,11-12,17-18H,9-10H2;;;1H2/b2*13-11-,14-12-;;;. The van der Waals surface area contributed by atoms with Crippen molar-refractivity contribution in [2.24, 2.45) is 0 Å². The smallest absolute Gasteiger partial charge is 0.187 e. The molecule has 0 atom stereocenters. The molecule has 0 saturated carbocycles. The largest absolute Gasteiger partial charge is 0.412 e. The molecule has 6 N–H and O–H groups in total. The van der Waals surface area contributed by atoms with Crippen molar-refractivity contribution in [1.82, 2.24) is 21.3 Å². The van der Waals surface area contributed by atoms with E-state index < -0.39 is 0 Å². The minimum atomic E-state index is -0.000182. The van der Waals surface area contributed by atoms with Crippen molar-refractivity contribution >= 4 is 23.1 Å². The molecule has 4 aliphatic rings. The van der Waals surface area contributed by atoms with E-state index in [2.05, 4.69) is 21.3 Å². The van der Waals surface area contributed by atoms with Crippen LogP contribution < -0.4 is 21.3 Å². The molecule has 0 radical (unpaired) electrons. The monoisotopic (exact) mass is 666 g/mol. The fourth-order valence-electron chi connectivity index (χ4n) is 3.42. The van der Waals surface area contributed by atoms with E-state index in [9.17, 15) is 19.2 Å². The van der Waals surface area contributed by atoms with Crippen molar-refractivity contribution in [3.8, 4) is 0 Å². The van der Waals surface area contributed by atoms with Crippen LogP contribution in [0.4, 0.5) is 0 Å². The Hall–Kier alpha value is -4.24. The predicted molar refractivity (Wildman–Crippen MR) is 161 cm³/mol. The molecule has 0 unspecified atom stereocenters. The first-order valence-electron chi connectivity index (χ1n) is 12.8. The molecule has 0 aromatic rings. The zero-order valence-electron chi connectivity index (χ0n) is 23.2. The summed E-state index contributed by atoms with van der Waals surface area (Å²) in [5.74, 6) is -0.000726. The molecule has 0 aliphatic heterocycles. The van der Waals surface area contributed by atoms with E-state index in [0.717, 1.165) is 0 Å². The van der Waals surface area contributed by atoms with Crippen LogP contribution in [0.2, 0.25) is 0 Å². The molecule has 0 aromatic carbocycles. The van der Waals surface area contributed by atoms with Gasteiger partial charge in [0.25, 0.3) is 0 Å². The van der Waals surface area contributed by atoms with Crippen LogP contribution in [0.1, 0.15) is 0 Å². The SMILES string of the molecule is O.O=C1C=CC=C/C1=C/NCCN/C=C1/C=CC=CC1=O.O=C1C=CC=C/C1=C/NCCN/C=C1/C=CC=CC1=O.[Fe].[Fe]. The minimum absolute atomic E-state index is 0. The summed E-state index contributed by atoms with van der Waals surface area (Å²) in [6, 6.07) is 0. The molecule has 9 nitrogen and oxygen atoms in total. The second-order valence-electron chi connectivity index (χ2n) is 8.55. The Bertz CT molecular complexity index is 1170. The van der Waals surface area contributed by atoms with Gasteiger partial charge in [0.2, 0.25) is 0 Å². The van der Waals surface area contributed by atoms with Crippen molar-refractivity contribution in [3.63, 3.8) is 0 Å². The van der Waals surface area contributed by atoms with Gasteiger partial charge >= 0.3 is 0 Å². The van der Waals surface area contributed by atoms with Crippen LogP contribution in [0.3, 0.4) is 0 Å². The van der Waals surface area contributed by atoms with Gasteiger partial charge in [0, 0.05) is 107 Å². The molecular formula is C32H34Fe2N4O5. The fraction of sp³-hybridized carbons (Fsp3) is 0.125. The van der Waals surface area contributed by atoms with Crippen molar-refractivity contribution in [2.75, 3.05) is 26.2 Å². The molecule has 0 amide bonds. The molecule has 43 heavy (non-hydrogen) atoms. The third-order valence-electron chi connectivity index (χ3n) is 5.53. The first kappa shape index (κ1) is 38.8. The van der Waals surface area contributed by atoms with Crippen molar-refractivity contribution in [3.05, 3.63) is 144 Å². The molecular weight excluding hydrogens is 632 g/mol. The van der Waals surface area contributed by atoms with E-state index in [4.69, 9.17) is 0 Å². The number of carbonyl (C=O) groups is 4. The van der Waals surface area contributed by atoms with Crippen LogP contribution in [0.5, 0.6) is 0 Å². The van der Waals surface area contributed by atoms with E-state index in [1.54, 1.807) is 73.4 Å². The summed E-state index contributed by atoms with van der Waals surface area (Å²) < 4.78 is 0. The summed E-state index contributed by atoms with van der Waals surface area (Å²) in [7, 11) is 0. The molecule has 0 saturated heterocycles. The number of hydrogen-bond acceptors (Lipinski definition) is 8. The summed E-state index contributed by atoms with van der Waals surface area (Å²) in [6.45, 7) is 2.63. The first-order valence-corrected chi connectivity index (χ1v) is 12.8. The Morgan fingerprint density at radius 2 is 0.558 bits per heavy atom. The number of allylic oxidation sites excluding steroid dienone is 20. The van der Waals surface area contributed by atoms with Gasteiger partial charge in [-0.25, -0.2) is 0 Å². The molecule has 0 aromatic heterocycles. The molecule has 0 fully saturated rings. The normalized spacial score (nSPS) is 19.5. The Labute approximate surface area is 272 Å². The zero-order valence-corrected chi connectivity index (χ0v) is 25.4. The third-order valence-corrected chi connectivity index (χ3v) is 5.53. The Morgan fingerprint density at radius 1 is 0.372 bits per heavy atom. The molecule has 228 valence electrons. The number of nitrogens with one attached hydrogen (secondary N) is 4. The zero-order chi connectivity index (χ0) is 28.4. The van der Waals surface area contributed by atoms with Crippen LogP contribution >= 0.6 is 0 Å². The predicted octanol–water partition coefficient (Wildman–Crippen LogP) is 1.82. The van der Waals surface area contributed by atoms with Crippen molar-refractivity contribution in [2.45, 2.75) is 0 Å². The summed E-state index contributed by atoms with van der Waals surface area (Å²) in [6.07, 6.45) is 34.2. The van der Waals surface area contributed by atoms with Gasteiger partial charge in [0.1, 0.15) is 0 Å².